The van der Waals surface area contributed by atoms with Crippen molar-refractivity contribution in [3.05, 3.63) is 18.2 Å². The van der Waals surface area contributed by atoms with Crippen LogP contribution in [0.5, 0.6) is 11.5 Å². The van der Waals surface area contributed by atoms with E-state index in [1.54, 1.807) is 18.2 Å². The molecule has 0 radical (unpaired) electrons. The Kier molecular flexibility index (Phi) is 4.09. The number of nitrogens with zero attached hydrogens (tertiary/aromatic N) is 1. The number of rotatable bonds is 3. The fourth-order valence-electron chi connectivity index (χ4n) is 1.53. The largest absolute Gasteiger partial charge is 0.497 e. The first-order valence-corrected chi connectivity index (χ1v) is 5.04. The van der Waals surface area contributed by atoms with Crippen molar-refractivity contribution < 1.29 is 19.1 Å². The topological polar surface area (TPSA) is 55.8 Å². The zero-order valence-electron chi connectivity index (χ0n) is 10.3. The first-order chi connectivity index (χ1) is 8.01. The minimum atomic E-state index is -0.371. The molecule has 0 aliphatic heterocycles. The lowest BCUT2D eigenvalue weighted by Crippen LogP contribution is -2.33. The Balaban J connectivity index is 3.33. The summed E-state index contributed by atoms with van der Waals surface area (Å²) in [5.74, 6) is 0.248. The molecular formula is C12H15NO4. The molecule has 0 aliphatic carbocycles. The zero-order chi connectivity index (χ0) is 13.0. The van der Waals surface area contributed by atoms with Crippen LogP contribution in [0.3, 0.4) is 0 Å². The van der Waals surface area contributed by atoms with Crippen molar-refractivity contribution in [1.82, 2.24) is 0 Å². The summed E-state index contributed by atoms with van der Waals surface area (Å²) in [6.07, 6.45) is 0. The molecule has 0 aromatic heterocycles. The van der Waals surface area contributed by atoms with E-state index in [-0.39, 0.29) is 11.8 Å². The van der Waals surface area contributed by atoms with Crippen molar-refractivity contribution in [2.45, 2.75) is 13.8 Å². The molecule has 0 heterocycles. The summed E-state index contributed by atoms with van der Waals surface area (Å²) in [5.41, 5.74) is 0.381. The predicted octanol–water partition coefficient (Wildman–Crippen LogP) is 1.60. The Morgan fingerprint density at radius 1 is 1.06 bits per heavy atom. The molecule has 0 aliphatic rings. The van der Waals surface area contributed by atoms with Gasteiger partial charge in [-0.25, -0.2) is 4.90 Å². The summed E-state index contributed by atoms with van der Waals surface area (Å²) in [6, 6.07) is 4.93. The van der Waals surface area contributed by atoms with Crippen LogP contribution in [0.25, 0.3) is 0 Å². The number of hydrogen-bond acceptors (Lipinski definition) is 4. The van der Waals surface area contributed by atoms with Crippen LogP contribution in [-0.2, 0) is 9.59 Å². The van der Waals surface area contributed by atoms with Crippen LogP contribution in [0.15, 0.2) is 18.2 Å². The Bertz CT molecular complexity index is 428. The average Bonchev–Trinajstić information content (AvgIpc) is 2.28. The number of anilines is 1. The summed E-state index contributed by atoms with van der Waals surface area (Å²) in [7, 11) is 2.99. The summed E-state index contributed by atoms with van der Waals surface area (Å²) >= 11 is 0. The van der Waals surface area contributed by atoms with Gasteiger partial charge in [0.2, 0.25) is 11.8 Å². The first-order valence-electron chi connectivity index (χ1n) is 5.04. The Labute approximate surface area is 99.9 Å². The quantitative estimate of drug-likeness (QED) is 0.801. The highest BCUT2D eigenvalue weighted by Gasteiger charge is 2.20. The van der Waals surface area contributed by atoms with Crippen LogP contribution < -0.4 is 14.4 Å². The zero-order valence-corrected chi connectivity index (χ0v) is 10.3. The van der Waals surface area contributed by atoms with E-state index in [4.69, 9.17) is 9.47 Å². The molecule has 0 atom stereocenters. The second-order valence-electron chi connectivity index (χ2n) is 3.41. The number of benzene rings is 1. The van der Waals surface area contributed by atoms with Gasteiger partial charge in [0.25, 0.3) is 0 Å². The number of carbonyl (C=O) groups is 2. The van der Waals surface area contributed by atoms with Crippen molar-refractivity contribution in [3.8, 4) is 11.5 Å². The predicted molar refractivity (Wildman–Crippen MR) is 63.4 cm³/mol. The van der Waals surface area contributed by atoms with Gasteiger partial charge in [0.15, 0.2) is 0 Å². The van der Waals surface area contributed by atoms with E-state index in [1.165, 1.54) is 28.1 Å². The molecule has 0 unspecified atom stereocenters. The van der Waals surface area contributed by atoms with Crippen LogP contribution in [0.2, 0.25) is 0 Å². The first kappa shape index (κ1) is 13.0. The molecule has 5 nitrogen and oxygen atoms in total. The highest BCUT2D eigenvalue weighted by molar-refractivity contribution is 6.14. The molecule has 0 fully saturated rings. The van der Waals surface area contributed by atoms with Gasteiger partial charge in [-0.1, -0.05) is 0 Å². The van der Waals surface area contributed by atoms with E-state index in [9.17, 15) is 9.59 Å². The maximum atomic E-state index is 11.5. The molecule has 17 heavy (non-hydrogen) atoms. The van der Waals surface area contributed by atoms with E-state index in [1.807, 2.05) is 0 Å². The van der Waals surface area contributed by atoms with Crippen molar-refractivity contribution >= 4 is 17.5 Å². The normalized spacial score (nSPS) is 9.65. The molecule has 1 aromatic rings. The van der Waals surface area contributed by atoms with Gasteiger partial charge in [-0.3, -0.25) is 9.59 Å². The molecular weight excluding hydrogens is 222 g/mol. The van der Waals surface area contributed by atoms with Gasteiger partial charge in [0, 0.05) is 19.9 Å². The van der Waals surface area contributed by atoms with Crippen LogP contribution in [0.4, 0.5) is 5.69 Å². The van der Waals surface area contributed by atoms with E-state index >= 15 is 0 Å². The SMILES string of the molecule is COc1ccc(OC)c(N(C(C)=O)C(C)=O)c1. The van der Waals surface area contributed by atoms with Crippen molar-refractivity contribution in [1.29, 1.82) is 0 Å². The Morgan fingerprint density at radius 3 is 2.06 bits per heavy atom. The lowest BCUT2D eigenvalue weighted by Gasteiger charge is -2.20. The van der Waals surface area contributed by atoms with Crippen molar-refractivity contribution in [3.63, 3.8) is 0 Å². The fraction of sp³-hybridized carbons (Fsp3) is 0.333. The molecule has 0 bridgehead atoms. The molecule has 1 rings (SSSR count). The van der Waals surface area contributed by atoms with Crippen molar-refractivity contribution in [2.24, 2.45) is 0 Å². The van der Waals surface area contributed by atoms with Gasteiger partial charge >= 0.3 is 0 Å². The second-order valence-corrected chi connectivity index (χ2v) is 3.41. The molecule has 2 amide bonds. The van der Waals surface area contributed by atoms with E-state index in [0.29, 0.717) is 17.2 Å². The molecule has 0 spiro atoms. The standard InChI is InChI=1S/C12H15NO4/c1-8(14)13(9(2)15)11-7-10(16-3)5-6-12(11)17-4/h5-7H,1-4H3. The lowest BCUT2D eigenvalue weighted by atomic mass is 10.2. The van der Waals surface area contributed by atoms with Crippen LogP contribution in [-0.4, -0.2) is 26.0 Å². The number of methoxy groups -OCH3 is 2. The number of carbonyl (C=O) groups excluding carboxylic acids is 2. The number of ether oxygens (including phenoxy) is 2. The van der Waals surface area contributed by atoms with Gasteiger partial charge in [-0.15, -0.1) is 0 Å². The summed E-state index contributed by atoms with van der Waals surface area (Å²) in [6.45, 7) is 2.64. The van der Waals surface area contributed by atoms with Crippen molar-refractivity contribution in [2.75, 3.05) is 19.1 Å². The van der Waals surface area contributed by atoms with Gasteiger partial charge in [0.1, 0.15) is 11.5 Å². The van der Waals surface area contributed by atoms with E-state index in [0.717, 1.165) is 4.90 Å². The third kappa shape index (κ3) is 2.75. The highest BCUT2D eigenvalue weighted by atomic mass is 16.5. The van der Waals surface area contributed by atoms with Gasteiger partial charge in [0.05, 0.1) is 19.9 Å². The smallest absolute Gasteiger partial charge is 0.230 e. The third-order valence-corrected chi connectivity index (χ3v) is 2.26. The summed E-state index contributed by atoms with van der Waals surface area (Å²) in [5, 5.41) is 0. The maximum Gasteiger partial charge on any atom is 0.230 e. The molecule has 5 heteroatoms. The van der Waals surface area contributed by atoms with Crippen LogP contribution >= 0.6 is 0 Å². The van der Waals surface area contributed by atoms with Gasteiger partial charge in [-0.05, 0) is 12.1 Å². The number of hydrogen-bond donors (Lipinski definition) is 0. The Hall–Kier alpha value is -2.04. The molecule has 1 aromatic carbocycles. The van der Waals surface area contributed by atoms with Crippen LogP contribution in [0.1, 0.15) is 13.8 Å². The van der Waals surface area contributed by atoms with Gasteiger partial charge in [-0.2, -0.15) is 0 Å². The molecule has 0 saturated carbocycles. The summed E-state index contributed by atoms with van der Waals surface area (Å²) < 4.78 is 10.2. The Morgan fingerprint density at radius 2 is 1.65 bits per heavy atom. The number of imide groups is 1. The third-order valence-electron chi connectivity index (χ3n) is 2.26. The maximum absolute atomic E-state index is 11.5. The molecule has 0 N–H and O–H groups in total. The van der Waals surface area contributed by atoms with E-state index in [2.05, 4.69) is 0 Å². The average molecular weight is 237 g/mol. The second kappa shape index (κ2) is 5.34. The van der Waals surface area contributed by atoms with Crippen LogP contribution in [0, 0.1) is 0 Å². The minimum absolute atomic E-state index is 0.371. The van der Waals surface area contributed by atoms with E-state index < -0.39 is 0 Å². The van der Waals surface area contributed by atoms with Gasteiger partial charge < -0.3 is 9.47 Å². The molecule has 92 valence electrons. The number of amides is 2. The minimum Gasteiger partial charge on any atom is -0.497 e. The lowest BCUT2D eigenvalue weighted by molar-refractivity contribution is -0.124. The monoisotopic (exact) mass is 237 g/mol. The summed E-state index contributed by atoms with van der Waals surface area (Å²) in [4.78, 5) is 24.0. The fourth-order valence-corrected chi connectivity index (χ4v) is 1.53. The highest BCUT2D eigenvalue weighted by Crippen LogP contribution is 2.32. The molecule has 0 saturated heterocycles.